The zero-order valence-electron chi connectivity index (χ0n) is 15.7. The molecule has 1 aliphatic heterocycles. The molecule has 0 aromatic heterocycles. The third kappa shape index (κ3) is 4.25. The predicted molar refractivity (Wildman–Crippen MR) is 104 cm³/mol. The topological polar surface area (TPSA) is 66.5 Å². The van der Waals surface area contributed by atoms with Gasteiger partial charge in [-0.1, -0.05) is 35.9 Å². The first-order valence-corrected chi connectivity index (χ1v) is 9.21. The van der Waals surface area contributed by atoms with Crippen molar-refractivity contribution < 1.29 is 14.4 Å². The van der Waals surface area contributed by atoms with Gasteiger partial charge >= 0.3 is 0 Å². The highest BCUT2D eigenvalue weighted by atomic mass is 16.2. The molecule has 0 spiro atoms. The monoisotopic (exact) mass is 364 g/mol. The minimum absolute atomic E-state index is 0.0172. The Hall–Kier alpha value is -2.95. The van der Waals surface area contributed by atoms with E-state index in [0.29, 0.717) is 24.1 Å². The molecule has 0 radical (unpaired) electrons. The van der Waals surface area contributed by atoms with Gasteiger partial charge in [0.25, 0.3) is 5.91 Å². The molecule has 5 heteroatoms. The van der Waals surface area contributed by atoms with Crippen molar-refractivity contribution >= 4 is 17.6 Å². The molecule has 1 N–H and O–H groups in total. The molecule has 1 saturated heterocycles. The molecule has 1 unspecified atom stereocenters. The highest BCUT2D eigenvalue weighted by Gasteiger charge is 2.34. The first-order chi connectivity index (χ1) is 13.0. The maximum absolute atomic E-state index is 13.0. The largest absolute Gasteiger partial charge is 0.343 e. The normalized spacial score (nSPS) is 16.2. The smallest absolute Gasteiger partial charge is 0.251 e. The first-order valence-electron chi connectivity index (χ1n) is 9.21. The average molecular weight is 364 g/mol. The van der Waals surface area contributed by atoms with Crippen LogP contribution in [-0.2, 0) is 4.79 Å². The summed E-state index contributed by atoms with van der Waals surface area (Å²) in [4.78, 5) is 39.4. The van der Waals surface area contributed by atoms with Gasteiger partial charge in [-0.05, 0) is 50.5 Å². The van der Waals surface area contributed by atoms with Crippen LogP contribution in [0.2, 0.25) is 0 Å². The maximum atomic E-state index is 13.0. The van der Waals surface area contributed by atoms with Crippen LogP contribution >= 0.6 is 0 Å². The Morgan fingerprint density at radius 3 is 2.56 bits per heavy atom. The Morgan fingerprint density at radius 2 is 1.81 bits per heavy atom. The van der Waals surface area contributed by atoms with Crippen LogP contribution < -0.4 is 5.32 Å². The number of Topliss-reactive ketones (excluding diaryl/α,β-unsaturated/α-hetero) is 1. The number of hydrogen-bond acceptors (Lipinski definition) is 3. The van der Waals surface area contributed by atoms with Crippen LogP contribution in [-0.4, -0.2) is 41.6 Å². The number of hydrogen-bond donors (Lipinski definition) is 1. The number of benzene rings is 2. The van der Waals surface area contributed by atoms with Crippen molar-refractivity contribution in [3.05, 3.63) is 70.8 Å². The molecule has 2 aromatic rings. The minimum atomic E-state index is -0.452. The van der Waals surface area contributed by atoms with E-state index in [9.17, 15) is 14.4 Å². The summed E-state index contributed by atoms with van der Waals surface area (Å²) in [5, 5.41) is 2.65. The molecule has 0 saturated carbocycles. The minimum Gasteiger partial charge on any atom is -0.343 e. The second kappa shape index (κ2) is 8.16. The Morgan fingerprint density at radius 1 is 1.07 bits per heavy atom. The fraction of sp³-hybridized carbons (Fsp3) is 0.318. The van der Waals surface area contributed by atoms with Crippen LogP contribution in [0.3, 0.4) is 0 Å². The molecule has 2 aromatic carbocycles. The van der Waals surface area contributed by atoms with Gasteiger partial charge < -0.3 is 10.2 Å². The molecule has 27 heavy (non-hydrogen) atoms. The summed E-state index contributed by atoms with van der Waals surface area (Å²) in [6.07, 6.45) is 1.45. The van der Waals surface area contributed by atoms with E-state index in [-0.39, 0.29) is 24.1 Å². The first kappa shape index (κ1) is 18.8. The van der Waals surface area contributed by atoms with Gasteiger partial charge in [-0.3, -0.25) is 14.4 Å². The number of likely N-dealkylation sites (tertiary alicyclic amines) is 1. The SMILES string of the molecule is Cc1ccc(C)c(C(=O)C2CCCN2C(=O)CNC(=O)c2ccccc2)c1. The second-order valence-corrected chi connectivity index (χ2v) is 6.98. The fourth-order valence-electron chi connectivity index (χ4n) is 3.47. The summed E-state index contributed by atoms with van der Waals surface area (Å²) in [6, 6.07) is 14.1. The van der Waals surface area contributed by atoms with E-state index in [1.165, 1.54) is 0 Å². The number of nitrogens with one attached hydrogen (secondary N) is 1. The highest BCUT2D eigenvalue weighted by molar-refractivity contribution is 6.04. The molecule has 1 atom stereocenters. The predicted octanol–water partition coefficient (Wildman–Crippen LogP) is 2.91. The lowest BCUT2D eigenvalue weighted by Crippen LogP contribution is -2.45. The molecular formula is C22H24N2O3. The Balaban J connectivity index is 1.66. The van der Waals surface area contributed by atoms with E-state index >= 15 is 0 Å². The fourth-order valence-corrected chi connectivity index (χ4v) is 3.47. The Labute approximate surface area is 159 Å². The van der Waals surface area contributed by atoms with Gasteiger partial charge in [0.05, 0.1) is 12.6 Å². The molecule has 0 bridgehead atoms. The van der Waals surface area contributed by atoms with Gasteiger partial charge in [-0.25, -0.2) is 0 Å². The van der Waals surface area contributed by atoms with E-state index in [1.54, 1.807) is 29.2 Å². The summed E-state index contributed by atoms with van der Waals surface area (Å²) in [5.41, 5.74) is 3.12. The third-order valence-electron chi connectivity index (χ3n) is 4.97. The number of rotatable bonds is 5. The summed E-state index contributed by atoms with van der Waals surface area (Å²) < 4.78 is 0. The number of nitrogens with zero attached hydrogens (tertiary/aromatic N) is 1. The number of aryl methyl sites for hydroxylation is 2. The summed E-state index contributed by atoms with van der Waals surface area (Å²) in [5.74, 6) is -0.530. The van der Waals surface area contributed by atoms with Crippen molar-refractivity contribution in [2.45, 2.75) is 32.7 Å². The van der Waals surface area contributed by atoms with Crippen LogP contribution in [0.4, 0.5) is 0 Å². The van der Waals surface area contributed by atoms with E-state index in [2.05, 4.69) is 5.32 Å². The maximum Gasteiger partial charge on any atom is 0.251 e. The van der Waals surface area contributed by atoms with Gasteiger partial charge in [0.2, 0.25) is 5.91 Å². The summed E-state index contributed by atoms with van der Waals surface area (Å²) in [6.45, 7) is 4.30. The van der Waals surface area contributed by atoms with E-state index < -0.39 is 6.04 Å². The molecule has 1 heterocycles. The van der Waals surface area contributed by atoms with Crippen molar-refractivity contribution in [1.29, 1.82) is 0 Å². The van der Waals surface area contributed by atoms with E-state index in [4.69, 9.17) is 0 Å². The van der Waals surface area contributed by atoms with Crippen molar-refractivity contribution in [3.63, 3.8) is 0 Å². The number of carbonyl (C=O) groups excluding carboxylic acids is 3. The van der Waals surface area contributed by atoms with Gasteiger partial charge in [-0.2, -0.15) is 0 Å². The molecule has 0 aliphatic carbocycles. The van der Waals surface area contributed by atoms with Crippen molar-refractivity contribution in [3.8, 4) is 0 Å². The quantitative estimate of drug-likeness (QED) is 0.830. The average Bonchev–Trinajstić information content (AvgIpc) is 3.17. The van der Waals surface area contributed by atoms with Crippen LogP contribution in [0.1, 0.15) is 44.7 Å². The second-order valence-electron chi connectivity index (χ2n) is 6.98. The van der Waals surface area contributed by atoms with Gasteiger partial charge in [0.1, 0.15) is 0 Å². The van der Waals surface area contributed by atoms with Crippen molar-refractivity contribution in [2.75, 3.05) is 13.1 Å². The van der Waals surface area contributed by atoms with E-state index in [0.717, 1.165) is 17.5 Å². The van der Waals surface area contributed by atoms with Crippen LogP contribution in [0, 0.1) is 13.8 Å². The lowest BCUT2D eigenvalue weighted by Gasteiger charge is -2.24. The number of amides is 2. The third-order valence-corrected chi connectivity index (χ3v) is 4.97. The molecule has 3 rings (SSSR count). The molecule has 5 nitrogen and oxygen atoms in total. The lowest BCUT2D eigenvalue weighted by molar-refractivity contribution is -0.130. The zero-order chi connectivity index (χ0) is 19.4. The number of ketones is 1. The van der Waals surface area contributed by atoms with Crippen molar-refractivity contribution in [2.24, 2.45) is 0 Å². The molecule has 1 fully saturated rings. The Bertz CT molecular complexity index is 861. The van der Waals surface area contributed by atoms with Gasteiger partial charge in [0, 0.05) is 17.7 Å². The lowest BCUT2D eigenvalue weighted by atomic mass is 9.96. The van der Waals surface area contributed by atoms with Gasteiger partial charge in [-0.15, -0.1) is 0 Å². The van der Waals surface area contributed by atoms with Crippen LogP contribution in [0.25, 0.3) is 0 Å². The summed E-state index contributed by atoms with van der Waals surface area (Å²) >= 11 is 0. The molecule has 140 valence electrons. The van der Waals surface area contributed by atoms with Crippen LogP contribution in [0.5, 0.6) is 0 Å². The molecular weight excluding hydrogens is 340 g/mol. The summed E-state index contributed by atoms with van der Waals surface area (Å²) in [7, 11) is 0. The van der Waals surface area contributed by atoms with E-state index in [1.807, 2.05) is 38.1 Å². The van der Waals surface area contributed by atoms with Crippen LogP contribution in [0.15, 0.2) is 48.5 Å². The Kier molecular flexibility index (Phi) is 5.69. The van der Waals surface area contributed by atoms with Crippen molar-refractivity contribution in [1.82, 2.24) is 10.2 Å². The zero-order valence-corrected chi connectivity index (χ0v) is 15.7. The number of carbonyl (C=O) groups is 3. The molecule has 2 amide bonds. The standard InChI is InChI=1S/C22H24N2O3/c1-15-10-11-16(2)18(13-15)21(26)19-9-6-12-24(19)20(25)14-23-22(27)17-7-4-3-5-8-17/h3-5,7-8,10-11,13,19H,6,9,12,14H2,1-2H3,(H,23,27). The molecule has 1 aliphatic rings. The van der Waals surface area contributed by atoms with Gasteiger partial charge in [0.15, 0.2) is 5.78 Å². The highest BCUT2D eigenvalue weighted by Crippen LogP contribution is 2.23.